The highest BCUT2D eigenvalue weighted by Gasteiger charge is 2.03. The second-order valence-electron chi connectivity index (χ2n) is 4.86. The molecule has 1 amide bonds. The topological polar surface area (TPSA) is 41.5 Å². The van der Waals surface area contributed by atoms with Crippen LogP contribution in [0, 0.1) is 0 Å². The predicted molar refractivity (Wildman–Crippen MR) is 102 cm³/mol. The van der Waals surface area contributed by atoms with Crippen LogP contribution in [0.2, 0.25) is 5.02 Å². The van der Waals surface area contributed by atoms with E-state index >= 15 is 0 Å². The third-order valence-electron chi connectivity index (χ3n) is 3.03. The molecule has 0 saturated carbocycles. The van der Waals surface area contributed by atoms with E-state index in [1.807, 2.05) is 55.5 Å². The van der Waals surface area contributed by atoms with Crippen LogP contribution in [-0.2, 0) is 10.5 Å². The molecule has 0 atom stereocenters. The van der Waals surface area contributed by atoms with Gasteiger partial charge in [0, 0.05) is 15.2 Å². The Morgan fingerprint density at radius 2 is 1.83 bits per heavy atom. The SMILES string of the molecule is CC(=NNC(=O)CSCc1ccc(Cl)cc1)c1ccc(Br)cc1. The number of thioether (sulfide) groups is 1. The number of nitrogens with one attached hydrogen (secondary N) is 1. The molecule has 0 fully saturated rings. The molecule has 2 aromatic rings. The zero-order valence-electron chi connectivity index (χ0n) is 12.6. The van der Waals surface area contributed by atoms with Crippen molar-refractivity contribution in [2.24, 2.45) is 5.10 Å². The lowest BCUT2D eigenvalue weighted by atomic mass is 10.1. The van der Waals surface area contributed by atoms with E-state index < -0.39 is 0 Å². The minimum atomic E-state index is -0.111. The molecule has 0 aliphatic heterocycles. The van der Waals surface area contributed by atoms with Gasteiger partial charge in [0.15, 0.2) is 0 Å². The Morgan fingerprint density at radius 1 is 1.17 bits per heavy atom. The van der Waals surface area contributed by atoms with Crippen LogP contribution in [0.1, 0.15) is 18.1 Å². The van der Waals surface area contributed by atoms with E-state index in [2.05, 4.69) is 26.5 Å². The number of carbonyl (C=O) groups excluding carboxylic acids is 1. The summed E-state index contributed by atoms with van der Waals surface area (Å²) in [5, 5.41) is 4.85. The molecule has 0 aromatic heterocycles. The molecule has 0 aliphatic rings. The molecule has 0 bridgehead atoms. The van der Waals surface area contributed by atoms with Gasteiger partial charge in [0.1, 0.15) is 0 Å². The van der Waals surface area contributed by atoms with Crippen LogP contribution in [0.3, 0.4) is 0 Å². The molecule has 3 nitrogen and oxygen atoms in total. The summed E-state index contributed by atoms with van der Waals surface area (Å²) in [7, 11) is 0. The van der Waals surface area contributed by atoms with Gasteiger partial charge in [0.25, 0.3) is 0 Å². The Morgan fingerprint density at radius 3 is 2.48 bits per heavy atom. The lowest BCUT2D eigenvalue weighted by Crippen LogP contribution is -2.21. The maximum Gasteiger partial charge on any atom is 0.250 e. The molecular weight excluding hydrogens is 396 g/mol. The number of hydrogen-bond acceptors (Lipinski definition) is 3. The predicted octanol–water partition coefficient (Wildman–Crippen LogP) is 4.88. The minimum Gasteiger partial charge on any atom is -0.272 e. The number of hydrazone groups is 1. The second-order valence-corrected chi connectivity index (χ2v) is 7.20. The van der Waals surface area contributed by atoms with Crippen molar-refractivity contribution >= 4 is 50.9 Å². The molecule has 23 heavy (non-hydrogen) atoms. The van der Waals surface area contributed by atoms with Crippen molar-refractivity contribution in [3.8, 4) is 0 Å². The Bertz CT molecular complexity index is 687. The lowest BCUT2D eigenvalue weighted by Gasteiger charge is -2.04. The maximum atomic E-state index is 11.8. The summed E-state index contributed by atoms with van der Waals surface area (Å²) in [4.78, 5) is 11.8. The molecule has 2 rings (SSSR count). The number of amides is 1. The van der Waals surface area contributed by atoms with Gasteiger partial charge in [0.05, 0.1) is 11.5 Å². The Balaban J connectivity index is 1.77. The third-order valence-corrected chi connectivity index (χ3v) is 4.81. The summed E-state index contributed by atoms with van der Waals surface area (Å²) in [6.07, 6.45) is 0. The van der Waals surface area contributed by atoms with Gasteiger partial charge in [-0.15, -0.1) is 11.8 Å². The highest BCUT2D eigenvalue weighted by Crippen LogP contribution is 2.15. The van der Waals surface area contributed by atoms with E-state index in [-0.39, 0.29) is 5.91 Å². The van der Waals surface area contributed by atoms with E-state index in [1.165, 1.54) is 11.8 Å². The molecule has 120 valence electrons. The highest BCUT2D eigenvalue weighted by atomic mass is 79.9. The maximum absolute atomic E-state index is 11.8. The van der Waals surface area contributed by atoms with Gasteiger partial charge in [-0.2, -0.15) is 5.10 Å². The van der Waals surface area contributed by atoms with Crippen LogP contribution < -0.4 is 5.43 Å². The molecule has 0 spiro atoms. The largest absolute Gasteiger partial charge is 0.272 e. The van der Waals surface area contributed by atoms with E-state index in [4.69, 9.17) is 11.6 Å². The van der Waals surface area contributed by atoms with E-state index in [1.54, 1.807) is 0 Å². The van der Waals surface area contributed by atoms with Gasteiger partial charge in [-0.1, -0.05) is 51.8 Å². The Labute approximate surface area is 153 Å². The van der Waals surface area contributed by atoms with Crippen LogP contribution in [0.25, 0.3) is 0 Å². The van der Waals surface area contributed by atoms with E-state index in [0.717, 1.165) is 27.1 Å². The van der Waals surface area contributed by atoms with Crippen molar-refractivity contribution in [1.29, 1.82) is 0 Å². The second kappa shape index (κ2) is 9.11. The first-order valence-electron chi connectivity index (χ1n) is 6.96. The van der Waals surface area contributed by atoms with E-state index in [0.29, 0.717) is 10.8 Å². The molecule has 0 aliphatic carbocycles. The smallest absolute Gasteiger partial charge is 0.250 e. The van der Waals surface area contributed by atoms with Crippen molar-refractivity contribution < 1.29 is 4.79 Å². The summed E-state index contributed by atoms with van der Waals surface area (Å²) in [5.41, 5.74) is 5.47. The average Bonchev–Trinajstić information content (AvgIpc) is 2.55. The van der Waals surface area contributed by atoms with Crippen molar-refractivity contribution in [2.75, 3.05) is 5.75 Å². The Hall–Kier alpha value is -1.30. The highest BCUT2D eigenvalue weighted by molar-refractivity contribution is 9.10. The fourth-order valence-corrected chi connectivity index (χ4v) is 2.95. The fraction of sp³-hybridized carbons (Fsp3) is 0.176. The van der Waals surface area contributed by atoms with Crippen molar-refractivity contribution in [3.05, 3.63) is 69.2 Å². The molecule has 6 heteroatoms. The minimum absolute atomic E-state index is 0.111. The normalized spacial score (nSPS) is 11.3. The van der Waals surface area contributed by atoms with Crippen molar-refractivity contribution in [1.82, 2.24) is 5.43 Å². The lowest BCUT2D eigenvalue weighted by molar-refractivity contribution is -0.118. The first kappa shape index (κ1) is 18.0. The van der Waals surface area contributed by atoms with Gasteiger partial charge in [-0.25, -0.2) is 5.43 Å². The molecule has 0 saturated heterocycles. The van der Waals surface area contributed by atoms with Crippen LogP contribution in [0.5, 0.6) is 0 Å². The molecule has 2 aromatic carbocycles. The summed E-state index contributed by atoms with van der Waals surface area (Å²) in [6, 6.07) is 15.4. The van der Waals surface area contributed by atoms with E-state index in [9.17, 15) is 4.79 Å². The standard InChI is InChI=1S/C17H16BrClN2OS/c1-12(14-4-6-15(18)7-5-14)20-21-17(22)11-23-10-13-2-8-16(19)9-3-13/h2-9H,10-11H2,1H3,(H,21,22). The molecule has 0 heterocycles. The quantitative estimate of drug-likeness (QED) is 0.544. The number of rotatable bonds is 6. The van der Waals surface area contributed by atoms with Crippen LogP contribution >= 0.6 is 39.3 Å². The van der Waals surface area contributed by atoms with Gasteiger partial charge in [-0.05, 0) is 42.3 Å². The molecular formula is C17H16BrClN2OS. The van der Waals surface area contributed by atoms with Gasteiger partial charge >= 0.3 is 0 Å². The van der Waals surface area contributed by atoms with Crippen LogP contribution in [-0.4, -0.2) is 17.4 Å². The first-order valence-corrected chi connectivity index (χ1v) is 9.28. The van der Waals surface area contributed by atoms with Crippen LogP contribution in [0.15, 0.2) is 58.1 Å². The first-order chi connectivity index (χ1) is 11.0. The summed E-state index contributed by atoms with van der Waals surface area (Å²) in [6.45, 7) is 1.87. The third kappa shape index (κ3) is 6.37. The summed E-state index contributed by atoms with van der Waals surface area (Å²) in [5.74, 6) is 1.01. The zero-order chi connectivity index (χ0) is 16.7. The van der Waals surface area contributed by atoms with Crippen LogP contribution in [0.4, 0.5) is 0 Å². The fourth-order valence-electron chi connectivity index (χ4n) is 1.78. The Kier molecular flexibility index (Phi) is 7.15. The summed E-state index contributed by atoms with van der Waals surface area (Å²) < 4.78 is 1.01. The monoisotopic (exact) mass is 410 g/mol. The number of hydrogen-bond donors (Lipinski definition) is 1. The van der Waals surface area contributed by atoms with Gasteiger partial charge in [-0.3, -0.25) is 4.79 Å². The zero-order valence-corrected chi connectivity index (χ0v) is 15.7. The number of benzene rings is 2. The van der Waals surface area contributed by atoms with Crippen molar-refractivity contribution in [2.45, 2.75) is 12.7 Å². The molecule has 1 N–H and O–H groups in total. The number of halogens is 2. The average molecular weight is 412 g/mol. The molecule has 0 unspecified atom stereocenters. The number of nitrogens with zero attached hydrogens (tertiary/aromatic N) is 1. The van der Waals surface area contributed by atoms with Gasteiger partial charge in [0.2, 0.25) is 5.91 Å². The van der Waals surface area contributed by atoms with Crippen molar-refractivity contribution in [3.63, 3.8) is 0 Å². The molecule has 0 radical (unpaired) electrons. The number of carbonyl (C=O) groups is 1. The summed E-state index contributed by atoms with van der Waals surface area (Å²) >= 11 is 10.8. The van der Waals surface area contributed by atoms with Gasteiger partial charge < -0.3 is 0 Å².